The summed E-state index contributed by atoms with van der Waals surface area (Å²) in [7, 11) is 0. The van der Waals surface area contributed by atoms with Crippen molar-refractivity contribution in [1.82, 2.24) is 25.0 Å². The average Bonchev–Trinajstić information content (AvgIpc) is 3.00. The van der Waals surface area contributed by atoms with Crippen LogP contribution < -0.4 is 5.32 Å². The normalized spacial score (nSPS) is 12.2. The summed E-state index contributed by atoms with van der Waals surface area (Å²) in [6.07, 6.45) is 1.58. The number of pyridine rings is 1. The molecule has 2 amide bonds. The van der Waals surface area contributed by atoms with Crippen LogP contribution in [0.4, 0.5) is 0 Å². The van der Waals surface area contributed by atoms with E-state index in [1.807, 2.05) is 13.8 Å². The van der Waals surface area contributed by atoms with E-state index in [0.29, 0.717) is 22.3 Å². The summed E-state index contributed by atoms with van der Waals surface area (Å²) in [5, 5.41) is 16.9. The van der Waals surface area contributed by atoms with Gasteiger partial charge in [-0.1, -0.05) is 0 Å². The third-order valence-corrected chi connectivity index (χ3v) is 4.23. The zero-order valence-electron chi connectivity index (χ0n) is 16.2. The summed E-state index contributed by atoms with van der Waals surface area (Å²) in [5.74, 6) is -1.80. The Morgan fingerprint density at radius 2 is 1.96 bits per heavy atom. The van der Waals surface area contributed by atoms with Crippen molar-refractivity contribution in [3.63, 3.8) is 0 Å². The quantitative estimate of drug-likeness (QED) is 0.755. The van der Waals surface area contributed by atoms with Crippen LogP contribution in [0.2, 0.25) is 0 Å². The number of nitrogens with zero attached hydrogens (tertiary/aromatic N) is 4. The van der Waals surface area contributed by atoms with Gasteiger partial charge in [-0.15, -0.1) is 0 Å². The van der Waals surface area contributed by atoms with Gasteiger partial charge in [0.2, 0.25) is 5.91 Å². The fourth-order valence-corrected chi connectivity index (χ4v) is 2.81. The Balaban J connectivity index is 2.47. The Bertz CT molecular complexity index is 874. The molecular formula is C18H25N5O4. The largest absolute Gasteiger partial charge is 0.480 e. The molecule has 2 rings (SSSR count). The van der Waals surface area contributed by atoms with E-state index in [1.165, 1.54) is 18.7 Å². The minimum Gasteiger partial charge on any atom is -0.480 e. The molecule has 0 saturated heterocycles. The van der Waals surface area contributed by atoms with E-state index in [2.05, 4.69) is 15.4 Å². The summed E-state index contributed by atoms with van der Waals surface area (Å²) in [4.78, 5) is 41.5. The molecule has 0 spiro atoms. The van der Waals surface area contributed by atoms with Crippen molar-refractivity contribution >= 4 is 28.8 Å². The number of rotatable bonds is 7. The van der Waals surface area contributed by atoms with Gasteiger partial charge in [0, 0.05) is 31.7 Å². The molecule has 0 aromatic carbocycles. The van der Waals surface area contributed by atoms with Crippen molar-refractivity contribution in [2.24, 2.45) is 0 Å². The first-order chi connectivity index (χ1) is 12.6. The topological polar surface area (TPSA) is 117 Å². The third kappa shape index (κ3) is 4.42. The third-order valence-electron chi connectivity index (χ3n) is 4.23. The van der Waals surface area contributed by atoms with E-state index in [1.54, 1.807) is 23.9 Å². The first kappa shape index (κ1) is 20.3. The highest BCUT2D eigenvalue weighted by Crippen LogP contribution is 2.23. The molecule has 27 heavy (non-hydrogen) atoms. The Morgan fingerprint density at radius 3 is 2.52 bits per heavy atom. The second-order valence-corrected chi connectivity index (χ2v) is 6.73. The predicted molar refractivity (Wildman–Crippen MR) is 99.5 cm³/mol. The van der Waals surface area contributed by atoms with E-state index >= 15 is 0 Å². The predicted octanol–water partition coefficient (Wildman–Crippen LogP) is 1.37. The van der Waals surface area contributed by atoms with E-state index < -0.39 is 17.9 Å². The zero-order chi connectivity index (χ0) is 20.3. The maximum absolute atomic E-state index is 13.2. The van der Waals surface area contributed by atoms with Gasteiger partial charge >= 0.3 is 5.97 Å². The van der Waals surface area contributed by atoms with Crippen LogP contribution in [0.1, 0.15) is 49.8 Å². The van der Waals surface area contributed by atoms with Gasteiger partial charge in [0.15, 0.2) is 5.65 Å². The van der Waals surface area contributed by atoms with E-state index in [9.17, 15) is 19.5 Å². The number of aryl methyl sites for hydroxylation is 1. The van der Waals surface area contributed by atoms with Gasteiger partial charge in [0.25, 0.3) is 5.91 Å². The fourth-order valence-electron chi connectivity index (χ4n) is 2.81. The van der Waals surface area contributed by atoms with Crippen LogP contribution in [0.3, 0.4) is 0 Å². The Hall–Kier alpha value is -2.97. The molecular weight excluding hydrogens is 350 g/mol. The lowest BCUT2D eigenvalue weighted by Gasteiger charge is -2.27. The molecule has 146 valence electrons. The van der Waals surface area contributed by atoms with Crippen LogP contribution in [-0.2, 0) is 9.59 Å². The fraction of sp³-hybridized carbons (Fsp3) is 0.500. The van der Waals surface area contributed by atoms with Crippen LogP contribution in [0.15, 0.2) is 12.3 Å². The highest BCUT2D eigenvalue weighted by atomic mass is 16.4. The molecule has 2 N–H and O–H groups in total. The number of nitrogens with one attached hydrogen (secondary N) is 1. The number of fused-ring (bicyclic) bond motifs is 1. The van der Waals surface area contributed by atoms with Crippen molar-refractivity contribution in [3.8, 4) is 0 Å². The number of carboxylic acids is 1. The molecule has 1 unspecified atom stereocenters. The minimum atomic E-state index is -1.12. The average molecular weight is 375 g/mol. The second-order valence-electron chi connectivity index (χ2n) is 6.73. The van der Waals surface area contributed by atoms with Gasteiger partial charge in [-0.05, 0) is 33.8 Å². The number of carboxylic acid groups (broad SMARTS) is 1. The van der Waals surface area contributed by atoms with Crippen LogP contribution in [0.25, 0.3) is 11.0 Å². The molecule has 9 nitrogen and oxygen atoms in total. The Morgan fingerprint density at radius 1 is 1.30 bits per heavy atom. The maximum Gasteiger partial charge on any atom is 0.326 e. The molecule has 2 aromatic heterocycles. The smallest absolute Gasteiger partial charge is 0.326 e. The first-order valence-corrected chi connectivity index (χ1v) is 8.76. The van der Waals surface area contributed by atoms with E-state index in [-0.39, 0.29) is 25.0 Å². The van der Waals surface area contributed by atoms with Crippen molar-refractivity contribution in [3.05, 3.63) is 23.5 Å². The lowest BCUT2D eigenvalue weighted by Crippen LogP contribution is -2.46. The lowest BCUT2D eigenvalue weighted by atomic mass is 10.1. The molecule has 0 radical (unpaired) electrons. The molecule has 2 heterocycles. The number of aromatic nitrogens is 3. The highest BCUT2D eigenvalue weighted by Gasteiger charge is 2.28. The zero-order valence-corrected chi connectivity index (χ0v) is 16.2. The van der Waals surface area contributed by atoms with Crippen molar-refractivity contribution in [2.45, 2.75) is 46.7 Å². The molecule has 0 aliphatic rings. The molecule has 0 aliphatic carbocycles. The first-order valence-electron chi connectivity index (χ1n) is 8.76. The minimum absolute atomic E-state index is 0.0635. The standard InChI is InChI=1S/C18H25N5O4/c1-10(2)23-16-15(9-20-23)14(8-11(3)21-16)17(25)22(12(4)18(26)27)7-6-19-13(5)24/h8-10,12H,6-7H2,1-5H3,(H,19,24)(H,26,27). The van der Waals surface area contributed by atoms with E-state index in [4.69, 9.17) is 0 Å². The number of carbonyl (C=O) groups excluding carboxylic acids is 2. The summed E-state index contributed by atoms with van der Waals surface area (Å²) in [6, 6.07) is 0.653. The van der Waals surface area contributed by atoms with Crippen LogP contribution in [0, 0.1) is 6.92 Å². The molecule has 0 bridgehead atoms. The van der Waals surface area contributed by atoms with Crippen LogP contribution in [-0.4, -0.2) is 61.7 Å². The Labute approximate surface area is 157 Å². The van der Waals surface area contributed by atoms with Gasteiger partial charge in [-0.2, -0.15) is 5.10 Å². The van der Waals surface area contributed by atoms with Gasteiger partial charge < -0.3 is 15.3 Å². The van der Waals surface area contributed by atoms with Crippen LogP contribution >= 0.6 is 0 Å². The number of hydrogen-bond donors (Lipinski definition) is 2. The van der Waals surface area contributed by atoms with Crippen molar-refractivity contribution < 1.29 is 19.5 Å². The molecule has 0 fully saturated rings. The molecule has 9 heteroatoms. The lowest BCUT2D eigenvalue weighted by molar-refractivity contribution is -0.141. The van der Waals surface area contributed by atoms with Crippen LogP contribution in [0.5, 0.6) is 0 Å². The van der Waals surface area contributed by atoms with Gasteiger partial charge in [-0.3, -0.25) is 9.59 Å². The number of aliphatic carboxylic acids is 1. The van der Waals surface area contributed by atoms with Gasteiger partial charge in [-0.25, -0.2) is 14.5 Å². The number of amides is 2. The van der Waals surface area contributed by atoms with Gasteiger partial charge in [0.05, 0.1) is 17.1 Å². The SMILES string of the molecule is CC(=O)NCCN(C(=O)c1cc(C)nc2c1cnn2C(C)C)C(C)C(=O)O. The van der Waals surface area contributed by atoms with Crippen molar-refractivity contribution in [1.29, 1.82) is 0 Å². The molecule has 1 atom stereocenters. The summed E-state index contributed by atoms with van der Waals surface area (Å²) < 4.78 is 1.72. The Kier molecular flexibility index (Phi) is 6.14. The highest BCUT2D eigenvalue weighted by molar-refractivity contribution is 6.06. The summed E-state index contributed by atoms with van der Waals surface area (Å²) >= 11 is 0. The van der Waals surface area contributed by atoms with Gasteiger partial charge in [0.1, 0.15) is 6.04 Å². The molecule has 0 aliphatic heterocycles. The molecule has 2 aromatic rings. The number of hydrogen-bond acceptors (Lipinski definition) is 5. The second kappa shape index (κ2) is 8.15. The summed E-state index contributed by atoms with van der Waals surface area (Å²) in [5.41, 5.74) is 1.57. The maximum atomic E-state index is 13.2. The number of carbonyl (C=O) groups is 3. The summed E-state index contributed by atoms with van der Waals surface area (Å²) in [6.45, 7) is 8.74. The molecule has 0 saturated carbocycles. The monoisotopic (exact) mass is 375 g/mol. The van der Waals surface area contributed by atoms with Crippen molar-refractivity contribution in [2.75, 3.05) is 13.1 Å². The van der Waals surface area contributed by atoms with E-state index in [0.717, 1.165) is 0 Å².